The molecular weight excluding hydrogens is 330 g/mol. The van der Waals surface area contributed by atoms with Gasteiger partial charge in [0.15, 0.2) is 0 Å². The molecule has 2 aliphatic heterocycles. The van der Waals surface area contributed by atoms with Crippen LogP contribution in [0.2, 0.25) is 0 Å². The SMILES string of the molecule is C=CCOC(=O)N1CCCC(NC(=O)N2CC=C(c3ccccc3)C2)C1. The van der Waals surface area contributed by atoms with Crippen LogP contribution in [0.1, 0.15) is 18.4 Å². The summed E-state index contributed by atoms with van der Waals surface area (Å²) in [5.41, 5.74) is 2.32. The molecular formula is C20H25N3O3. The zero-order valence-electron chi connectivity index (χ0n) is 14.9. The van der Waals surface area contributed by atoms with E-state index in [-0.39, 0.29) is 24.8 Å². The van der Waals surface area contributed by atoms with E-state index in [4.69, 9.17) is 4.74 Å². The molecule has 0 bridgehead atoms. The Labute approximate surface area is 154 Å². The van der Waals surface area contributed by atoms with E-state index in [0.29, 0.717) is 26.2 Å². The van der Waals surface area contributed by atoms with Crippen LogP contribution in [0.15, 0.2) is 49.1 Å². The molecule has 1 aromatic carbocycles. The molecule has 1 saturated heterocycles. The van der Waals surface area contributed by atoms with E-state index in [1.54, 1.807) is 15.9 Å². The predicted octanol–water partition coefficient (Wildman–Crippen LogP) is 2.88. The van der Waals surface area contributed by atoms with E-state index in [0.717, 1.165) is 18.4 Å². The molecule has 0 saturated carbocycles. The molecule has 0 spiro atoms. The minimum absolute atomic E-state index is 0.0479. The van der Waals surface area contributed by atoms with Crippen molar-refractivity contribution in [1.29, 1.82) is 0 Å². The first-order valence-electron chi connectivity index (χ1n) is 9.00. The molecule has 1 atom stereocenters. The summed E-state index contributed by atoms with van der Waals surface area (Å²) < 4.78 is 5.08. The molecule has 1 fully saturated rings. The third-order valence-electron chi connectivity index (χ3n) is 4.68. The molecule has 6 nitrogen and oxygen atoms in total. The van der Waals surface area contributed by atoms with Crippen LogP contribution in [-0.4, -0.2) is 60.8 Å². The quantitative estimate of drug-likeness (QED) is 0.845. The average molecular weight is 355 g/mol. The summed E-state index contributed by atoms with van der Waals surface area (Å²) in [6, 6.07) is 9.97. The maximum absolute atomic E-state index is 12.6. The van der Waals surface area contributed by atoms with Crippen LogP contribution < -0.4 is 5.32 Å². The second-order valence-corrected chi connectivity index (χ2v) is 6.58. The Balaban J connectivity index is 1.49. The number of amides is 3. The van der Waals surface area contributed by atoms with Crippen LogP contribution in [-0.2, 0) is 4.74 Å². The van der Waals surface area contributed by atoms with Crippen molar-refractivity contribution in [3.8, 4) is 0 Å². The van der Waals surface area contributed by atoms with Gasteiger partial charge in [-0.3, -0.25) is 0 Å². The molecule has 6 heteroatoms. The number of benzene rings is 1. The van der Waals surface area contributed by atoms with Crippen LogP contribution in [0.5, 0.6) is 0 Å². The fourth-order valence-corrected chi connectivity index (χ4v) is 3.32. The summed E-state index contributed by atoms with van der Waals surface area (Å²) in [5.74, 6) is 0. The molecule has 0 aromatic heterocycles. The van der Waals surface area contributed by atoms with Gasteiger partial charge in [-0.25, -0.2) is 9.59 Å². The molecule has 26 heavy (non-hydrogen) atoms. The van der Waals surface area contributed by atoms with Crippen molar-refractivity contribution in [3.05, 3.63) is 54.6 Å². The Morgan fingerprint density at radius 1 is 1.27 bits per heavy atom. The molecule has 0 aliphatic carbocycles. The average Bonchev–Trinajstić information content (AvgIpc) is 3.17. The first kappa shape index (κ1) is 18.0. The lowest BCUT2D eigenvalue weighted by Gasteiger charge is -2.33. The predicted molar refractivity (Wildman–Crippen MR) is 101 cm³/mol. The van der Waals surface area contributed by atoms with Crippen LogP contribution in [0.4, 0.5) is 9.59 Å². The number of carbonyl (C=O) groups excluding carboxylic acids is 2. The maximum atomic E-state index is 12.6. The number of hydrogen-bond donors (Lipinski definition) is 1. The Bertz CT molecular complexity index is 687. The fraction of sp³-hybridized carbons (Fsp3) is 0.400. The highest BCUT2D eigenvalue weighted by molar-refractivity contribution is 5.81. The Morgan fingerprint density at radius 3 is 2.85 bits per heavy atom. The topological polar surface area (TPSA) is 61.9 Å². The number of carbonyl (C=O) groups is 2. The highest BCUT2D eigenvalue weighted by Gasteiger charge is 2.28. The third-order valence-corrected chi connectivity index (χ3v) is 4.68. The van der Waals surface area contributed by atoms with E-state index in [1.807, 2.05) is 18.2 Å². The molecule has 0 radical (unpaired) electrons. The van der Waals surface area contributed by atoms with Crippen LogP contribution in [0.3, 0.4) is 0 Å². The van der Waals surface area contributed by atoms with Crippen LogP contribution in [0.25, 0.3) is 5.57 Å². The minimum Gasteiger partial charge on any atom is -0.445 e. The Kier molecular flexibility index (Phi) is 5.94. The van der Waals surface area contributed by atoms with Gasteiger partial charge in [0, 0.05) is 32.2 Å². The first-order valence-corrected chi connectivity index (χ1v) is 9.00. The summed E-state index contributed by atoms with van der Waals surface area (Å²) in [6.45, 7) is 6.09. The number of urea groups is 1. The molecule has 2 aliphatic rings. The molecule has 1 N–H and O–H groups in total. The maximum Gasteiger partial charge on any atom is 0.410 e. The molecule has 2 heterocycles. The number of nitrogens with one attached hydrogen (secondary N) is 1. The van der Waals surface area contributed by atoms with Crippen molar-refractivity contribution in [2.24, 2.45) is 0 Å². The summed E-state index contributed by atoms with van der Waals surface area (Å²) >= 11 is 0. The molecule has 1 unspecified atom stereocenters. The summed E-state index contributed by atoms with van der Waals surface area (Å²) in [6.07, 6.45) is 5.00. The lowest BCUT2D eigenvalue weighted by molar-refractivity contribution is 0.0972. The Hall–Kier alpha value is -2.76. The van der Waals surface area contributed by atoms with Gasteiger partial charge in [0.05, 0.1) is 0 Å². The van der Waals surface area contributed by atoms with Crippen molar-refractivity contribution in [1.82, 2.24) is 15.1 Å². The van der Waals surface area contributed by atoms with E-state index in [9.17, 15) is 9.59 Å². The zero-order chi connectivity index (χ0) is 18.4. The lowest BCUT2D eigenvalue weighted by atomic mass is 10.1. The standard InChI is InChI=1S/C20H25N3O3/c1-2-13-26-20(25)23-11-6-9-18(15-23)21-19(24)22-12-10-17(14-22)16-7-4-3-5-8-16/h2-5,7-8,10,18H,1,6,9,11-15H2,(H,21,24). The van der Waals surface area contributed by atoms with Gasteiger partial charge in [0.1, 0.15) is 6.61 Å². The first-order chi connectivity index (χ1) is 12.7. The van der Waals surface area contributed by atoms with Gasteiger partial charge >= 0.3 is 12.1 Å². The van der Waals surface area contributed by atoms with E-state index in [1.165, 1.54) is 5.57 Å². The van der Waals surface area contributed by atoms with Crippen LogP contribution >= 0.6 is 0 Å². The van der Waals surface area contributed by atoms with Crippen molar-refractivity contribution in [3.63, 3.8) is 0 Å². The van der Waals surface area contributed by atoms with Crippen molar-refractivity contribution in [2.45, 2.75) is 18.9 Å². The number of ether oxygens (including phenoxy) is 1. The van der Waals surface area contributed by atoms with Gasteiger partial charge in [-0.15, -0.1) is 0 Å². The fourth-order valence-electron chi connectivity index (χ4n) is 3.32. The van der Waals surface area contributed by atoms with Gasteiger partial charge in [0.25, 0.3) is 0 Å². The summed E-state index contributed by atoms with van der Waals surface area (Å²) in [7, 11) is 0. The molecule has 1 aromatic rings. The van der Waals surface area contributed by atoms with Crippen LogP contribution in [0, 0.1) is 0 Å². The highest BCUT2D eigenvalue weighted by Crippen LogP contribution is 2.21. The van der Waals surface area contributed by atoms with Crippen molar-refractivity contribution >= 4 is 17.7 Å². The monoisotopic (exact) mass is 355 g/mol. The van der Waals surface area contributed by atoms with E-state index in [2.05, 4.69) is 30.1 Å². The smallest absolute Gasteiger partial charge is 0.410 e. The largest absolute Gasteiger partial charge is 0.445 e. The second kappa shape index (κ2) is 8.56. The Morgan fingerprint density at radius 2 is 2.08 bits per heavy atom. The molecule has 3 amide bonds. The van der Waals surface area contributed by atoms with Gasteiger partial charge in [-0.1, -0.05) is 49.1 Å². The second-order valence-electron chi connectivity index (χ2n) is 6.58. The van der Waals surface area contributed by atoms with Gasteiger partial charge in [0.2, 0.25) is 0 Å². The summed E-state index contributed by atoms with van der Waals surface area (Å²) in [5, 5.41) is 3.06. The number of rotatable bonds is 4. The van der Waals surface area contributed by atoms with Gasteiger partial charge in [-0.2, -0.15) is 0 Å². The number of likely N-dealkylation sites (tertiary alicyclic amines) is 1. The number of piperidine rings is 1. The lowest BCUT2D eigenvalue weighted by Crippen LogP contribution is -2.52. The van der Waals surface area contributed by atoms with E-state index < -0.39 is 0 Å². The highest BCUT2D eigenvalue weighted by atomic mass is 16.6. The summed E-state index contributed by atoms with van der Waals surface area (Å²) in [4.78, 5) is 28.0. The molecule has 3 rings (SSSR count). The molecule has 138 valence electrons. The van der Waals surface area contributed by atoms with Gasteiger partial charge in [-0.05, 0) is 24.0 Å². The third kappa shape index (κ3) is 4.45. The van der Waals surface area contributed by atoms with Gasteiger partial charge < -0.3 is 19.9 Å². The number of hydrogen-bond acceptors (Lipinski definition) is 3. The minimum atomic E-state index is -0.349. The zero-order valence-corrected chi connectivity index (χ0v) is 14.9. The number of nitrogens with zero attached hydrogens (tertiary/aromatic N) is 2. The van der Waals surface area contributed by atoms with Crippen molar-refractivity contribution < 1.29 is 14.3 Å². The van der Waals surface area contributed by atoms with E-state index >= 15 is 0 Å². The van der Waals surface area contributed by atoms with Crippen molar-refractivity contribution in [2.75, 3.05) is 32.8 Å². The normalized spacial score (nSPS) is 19.7.